The molecule has 1 atom stereocenters. The fourth-order valence-electron chi connectivity index (χ4n) is 2.62. The van der Waals surface area contributed by atoms with Gasteiger partial charge in [-0.3, -0.25) is 20.5 Å². The van der Waals surface area contributed by atoms with Crippen LogP contribution in [-0.4, -0.2) is 32.6 Å². The van der Waals surface area contributed by atoms with Crippen molar-refractivity contribution >= 4 is 57.5 Å². The summed E-state index contributed by atoms with van der Waals surface area (Å²) in [6, 6.07) is 11.0. The second-order valence-electron chi connectivity index (χ2n) is 5.97. The third-order valence-electron chi connectivity index (χ3n) is 4.06. The Morgan fingerprint density at radius 2 is 2.07 bits per heavy atom. The minimum atomic E-state index is -1.28. The molecule has 0 aliphatic carbocycles. The van der Waals surface area contributed by atoms with Crippen LogP contribution in [0, 0.1) is 10.1 Å². The molecule has 2 aromatic carbocycles. The Kier molecular flexibility index (Phi) is 6.73. The highest BCUT2D eigenvalue weighted by molar-refractivity contribution is 8.14. The van der Waals surface area contributed by atoms with Gasteiger partial charge in [0.1, 0.15) is 5.71 Å². The number of hydrogen-bond acceptors (Lipinski definition) is 7. The first kappa shape index (κ1) is 21.1. The SMILES string of the molecule is O=C(O)C(Cc1ccccc1[N+](=O)[O-])=NNC1=NC(c2ccc(Cl)c(Cl)c2)CS1. The van der Waals surface area contributed by atoms with E-state index in [1.807, 2.05) is 6.07 Å². The number of nitrogens with one attached hydrogen (secondary N) is 1. The highest BCUT2D eigenvalue weighted by atomic mass is 35.5. The number of aliphatic imine (C=N–C) groups is 1. The van der Waals surface area contributed by atoms with Crippen molar-refractivity contribution in [3.05, 3.63) is 73.8 Å². The summed E-state index contributed by atoms with van der Waals surface area (Å²) in [5.41, 5.74) is 3.37. The number of benzene rings is 2. The van der Waals surface area contributed by atoms with Crippen LogP contribution in [0.2, 0.25) is 10.0 Å². The molecule has 0 aromatic heterocycles. The van der Waals surface area contributed by atoms with E-state index in [1.165, 1.54) is 30.0 Å². The number of rotatable bonds is 6. The molecule has 0 amide bonds. The second kappa shape index (κ2) is 9.25. The predicted molar refractivity (Wildman–Crippen MR) is 114 cm³/mol. The lowest BCUT2D eigenvalue weighted by Gasteiger charge is -2.07. The Balaban J connectivity index is 1.75. The fourth-order valence-corrected chi connectivity index (χ4v) is 3.82. The van der Waals surface area contributed by atoms with Crippen LogP contribution in [0.25, 0.3) is 0 Å². The van der Waals surface area contributed by atoms with Gasteiger partial charge in [0.15, 0.2) is 5.17 Å². The van der Waals surface area contributed by atoms with E-state index in [1.54, 1.807) is 18.2 Å². The van der Waals surface area contributed by atoms with Gasteiger partial charge in [-0.2, -0.15) is 5.10 Å². The van der Waals surface area contributed by atoms with Gasteiger partial charge < -0.3 is 5.11 Å². The van der Waals surface area contributed by atoms with Crippen LogP contribution >= 0.6 is 35.0 Å². The smallest absolute Gasteiger partial charge is 0.352 e. The highest BCUT2D eigenvalue weighted by Crippen LogP contribution is 2.33. The number of hydrazone groups is 1. The largest absolute Gasteiger partial charge is 0.477 e. The monoisotopic (exact) mass is 452 g/mol. The molecule has 2 aromatic rings. The first-order valence-corrected chi connectivity index (χ1v) is 10.0. The van der Waals surface area contributed by atoms with Crippen molar-refractivity contribution < 1.29 is 14.8 Å². The summed E-state index contributed by atoms with van der Waals surface area (Å²) in [5, 5.41) is 25.8. The minimum absolute atomic E-state index is 0.159. The van der Waals surface area contributed by atoms with Crippen LogP contribution in [0.15, 0.2) is 52.6 Å². The van der Waals surface area contributed by atoms with E-state index in [4.69, 9.17) is 23.2 Å². The average Bonchev–Trinajstić information content (AvgIpc) is 3.16. The lowest BCUT2D eigenvalue weighted by Crippen LogP contribution is -2.23. The average molecular weight is 453 g/mol. The summed E-state index contributed by atoms with van der Waals surface area (Å²) in [5.74, 6) is -0.650. The third-order valence-corrected chi connectivity index (χ3v) is 5.75. The number of nitro groups is 1. The van der Waals surface area contributed by atoms with Gasteiger partial charge in [0, 0.05) is 23.8 Å². The Morgan fingerprint density at radius 1 is 1.31 bits per heavy atom. The summed E-state index contributed by atoms with van der Waals surface area (Å²) in [6.07, 6.45) is -0.201. The minimum Gasteiger partial charge on any atom is -0.477 e. The Morgan fingerprint density at radius 3 is 2.76 bits per heavy atom. The second-order valence-corrected chi connectivity index (χ2v) is 7.80. The van der Waals surface area contributed by atoms with Crippen LogP contribution < -0.4 is 5.43 Å². The number of nitrogens with zero attached hydrogens (tertiary/aromatic N) is 3. The van der Waals surface area contributed by atoms with Gasteiger partial charge in [0.05, 0.1) is 21.0 Å². The van der Waals surface area contributed by atoms with E-state index in [0.29, 0.717) is 21.0 Å². The van der Waals surface area contributed by atoms with Gasteiger partial charge in [-0.05, 0) is 17.7 Å². The van der Waals surface area contributed by atoms with E-state index in [2.05, 4.69) is 15.5 Å². The van der Waals surface area contributed by atoms with Crippen LogP contribution in [0.3, 0.4) is 0 Å². The van der Waals surface area contributed by atoms with Crippen molar-refractivity contribution in [1.29, 1.82) is 0 Å². The van der Waals surface area contributed by atoms with Gasteiger partial charge in [-0.25, -0.2) is 4.79 Å². The van der Waals surface area contributed by atoms with Crippen LogP contribution in [0.1, 0.15) is 17.2 Å². The number of para-hydroxylation sites is 1. The molecule has 0 saturated carbocycles. The van der Waals surface area contributed by atoms with Crippen molar-refractivity contribution in [1.82, 2.24) is 5.43 Å². The quantitative estimate of drug-likeness (QED) is 0.382. The van der Waals surface area contributed by atoms with E-state index >= 15 is 0 Å². The van der Waals surface area contributed by atoms with Crippen LogP contribution in [0.5, 0.6) is 0 Å². The van der Waals surface area contributed by atoms with Gasteiger partial charge in [-0.1, -0.05) is 59.2 Å². The number of aliphatic carboxylic acids is 1. The number of amidine groups is 1. The lowest BCUT2D eigenvalue weighted by atomic mass is 10.1. The molecule has 0 fully saturated rings. The van der Waals surface area contributed by atoms with Crippen molar-refractivity contribution in [2.24, 2.45) is 10.1 Å². The molecule has 8 nitrogen and oxygen atoms in total. The molecule has 29 heavy (non-hydrogen) atoms. The van der Waals surface area contributed by atoms with Crippen LogP contribution in [-0.2, 0) is 11.2 Å². The molecule has 1 aliphatic heterocycles. The first-order valence-electron chi connectivity index (χ1n) is 8.29. The molecule has 0 saturated heterocycles. The fraction of sp³-hybridized carbons (Fsp3) is 0.167. The first-order chi connectivity index (χ1) is 13.8. The normalized spacial score (nSPS) is 16.4. The molecule has 0 radical (unpaired) electrons. The van der Waals surface area contributed by atoms with Gasteiger partial charge in [0.25, 0.3) is 5.69 Å². The number of halogens is 2. The molecule has 3 rings (SSSR count). The number of nitro benzene ring substituents is 1. The van der Waals surface area contributed by atoms with E-state index in [0.717, 1.165) is 5.56 Å². The van der Waals surface area contributed by atoms with Crippen LogP contribution in [0.4, 0.5) is 5.69 Å². The van der Waals surface area contributed by atoms with Crippen molar-refractivity contribution in [3.63, 3.8) is 0 Å². The summed E-state index contributed by atoms with van der Waals surface area (Å²) in [4.78, 5) is 26.6. The van der Waals surface area contributed by atoms with E-state index < -0.39 is 10.9 Å². The zero-order chi connectivity index (χ0) is 21.0. The molecule has 0 bridgehead atoms. The molecule has 1 heterocycles. The zero-order valence-corrected chi connectivity index (χ0v) is 17.0. The molecule has 1 unspecified atom stereocenters. The number of carboxylic acids is 1. The zero-order valence-electron chi connectivity index (χ0n) is 14.7. The Labute approximate surface area is 179 Å². The molecular formula is C18H14Cl2N4O4S. The lowest BCUT2D eigenvalue weighted by molar-refractivity contribution is -0.385. The van der Waals surface area contributed by atoms with Gasteiger partial charge >= 0.3 is 5.97 Å². The van der Waals surface area contributed by atoms with Crippen molar-refractivity contribution in [3.8, 4) is 0 Å². The summed E-state index contributed by atoms with van der Waals surface area (Å²) in [6.45, 7) is 0. The number of hydrogen-bond donors (Lipinski definition) is 2. The topological polar surface area (TPSA) is 117 Å². The molecule has 11 heteroatoms. The number of carbonyl (C=O) groups is 1. The molecule has 2 N–H and O–H groups in total. The number of carboxylic acid groups (broad SMARTS) is 1. The Bertz CT molecular complexity index is 1030. The van der Waals surface area contributed by atoms with E-state index in [9.17, 15) is 20.0 Å². The van der Waals surface area contributed by atoms with Gasteiger partial charge in [-0.15, -0.1) is 0 Å². The predicted octanol–water partition coefficient (Wildman–Crippen LogP) is 4.32. The maximum absolute atomic E-state index is 11.5. The molecule has 1 aliphatic rings. The summed E-state index contributed by atoms with van der Waals surface area (Å²) < 4.78 is 0. The standard InChI is InChI=1S/C18H14Cl2N4O4S/c19-12-6-5-10(7-13(12)20)15-9-29-18(21-15)23-22-14(17(25)26)8-11-3-1-2-4-16(11)24(27)28/h1-7,15H,8-9H2,(H,21,23)(H,25,26). The van der Waals surface area contributed by atoms with Gasteiger partial charge in [0.2, 0.25) is 0 Å². The van der Waals surface area contributed by atoms with Crippen molar-refractivity contribution in [2.75, 3.05) is 5.75 Å². The molecular weight excluding hydrogens is 439 g/mol. The molecule has 0 spiro atoms. The third kappa shape index (κ3) is 5.26. The maximum Gasteiger partial charge on any atom is 0.352 e. The van der Waals surface area contributed by atoms with Crippen molar-refractivity contribution in [2.45, 2.75) is 12.5 Å². The van der Waals surface area contributed by atoms with E-state index in [-0.39, 0.29) is 29.4 Å². The molecule has 150 valence electrons. The number of thioether (sulfide) groups is 1. The summed E-state index contributed by atoms with van der Waals surface area (Å²) >= 11 is 13.3. The summed E-state index contributed by atoms with van der Waals surface area (Å²) in [7, 11) is 0. The Hall–Kier alpha value is -2.62. The maximum atomic E-state index is 11.5. The highest BCUT2D eigenvalue weighted by Gasteiger charge is 2.22.